The monoisotopic (exact) mass is 374 g/mol. The van der Waals surface area contributed by atoms with Crippen molar-refractivity contribution in [2.75, 3.05) is 6.61 Å². The van der Waals surface area contributed by atoms with Crippen LogP contribution in [0.5, 0.6) is 5.75 Å². The van der Waals surface area contributed by atoms with Crippen LogP contribution in [0.3, 0.4) is 0 Å². The van der Waals surface area contributed by atoms with E-state index in [1.54, 1.807) is 35.7 Å². The Morgan fingerprint density at radius 2 is 1.96 bits per heavy atom. The van der Waals surface area contributed by atoms with E-state index in [0.29, 0.717) is 12.4 Å². The minimum atomic E-state index is -3.61. The van der Waals surface area contributed by atoms with E-state index in [0.717, 1.165) is 16.8 Å². The standard InChI is InChI=1S/C18H18N2O3S2/c1-2-23-16-5-7-17(8-6-16)25(21,22)20-12-14-4-3-10-19-18(14)15-9-11-24-13-15/h3-11,13,20H,2,12H2,1H3. The Morgan fingerprint density at radius 3 is 2.64 bits per heavy atom. The molecular weight excluding hydrogens is 356 g/mol. The van der Waals surface area contributed by atoms with Crippen LogP contribution in [-0.2, 0) is 16.6 Å². The highest BCUT2D eigenvalue weighted by Gasteiger charge is 2.15. The molecule has 1 aromatic carbocycles. The minimum Gasteiger partial charge on any atom is -0.494 e. The van der Waals surface area contributed by atoms with Crippen LogP contribution >= 0.6 is 11.3 Å². The largest absolute Gasteiger partial charge is 0.494 e. The molecule has 0 saturated heterocycles. The average Bonchev–Trinajstić information content (AvgIpc) is 3.16. The van der Waals surface area contributed by atoms with Crippen LogP contribution in [-0.4, -0.2) is 20.0 Å². The number of sulfonamides is 1. The fourth-order valence-electron chi connectivity index (χ4n) is 2.38. The average molecular weight is 374 g/mol. The van der Waals surface area contributed by atoms with Gasteiger partial charge in [0.15, 0.2) is 0 Å². The Bertz CT molecular complexity index is 921. The highest BCUT2D eigenvalue weighted by Crippen LogP contribution is 2.24. The predicted octanol–water partition coefficient (Wildman–Crippen LogP) is 3.69. The molecule has 7 heteroatoms. The van der Waals surface area contributed by atoms with Gasteiger partial charge in [-0.3, -0.25) is 4.98 Å². The van der Waals surface area contributed by atoms with E-state index in [4.69, 9.17) is 4.74 Å². The van der Waals surface area contributed by atoms with Crippen molar-refractivity contribution in [1.82, 2.24) is 9.71 Å². The van der Waals surface area contributed by atoms with Gasteiger partial charge in [0.2, 0.25) is 10.0 Å². The lowest BCUT2D eigenvalue weighted by molar-refractivity contribution is 0.340. The zero-order valence-corrected chi connectivity index (χ0v) is 15.3. The van der Waals surface area contributed by atoms with Crippen molar-refractivity contribution in [2.45, 2.75) is 18.4 Å². The topological polar surface area (TPSA) is 68.3 Å². The lowest BCUT2D eigenvalue weighted by Gasteiger charge is -2.10. The van der Waals surface area contributed by atoms with Crippen molar-refractivity contribution in [1.29, 1.82) is 0 Å². The van der Waals surface area contributed by atoms with E-state index in [2.05, 4.69) is 9.71 Å². The first kappa shape index (κ1) is 17.6. The highest BCUT2D eigenvalue weighted by atomic mass is 32.2. The molecule has 0 unspecified atom stereocenters. The van der Waals surface area contributed by atoms with Crippen molar-refractivity contribution in [3.05, 3.63) is 65.0 Å². The molecule has 25 heavy (non-hydrogen) atoms. The molecule has 2 heterocycles. The van der Waals surface area contributed by atoms with Gasteiger partial charge in [0.05, 0.1) is 17.2 Å². The summed E-state index contributed by atoms with van der Waals surface area (Å²) in [5, 5.41) is 3.96. The summed E-state index contributed by atoms with van der Waals surface area (Å²) in [5.74, 6) is 0.647. The number of nitrogens with one attached hydrogen (secondary N) is 1. The summed E-state index contributed by atoms with van der Waals surface area (Å²) >= 11 is 1.58. The maximum Gasteiger partial charge on any atom is 0.240 e. The van der Waals surface area contributed by atoms with E-state index in [9.17, 15) is 8.42 Å². The second kappa shape index (κ2) is 7.77. The molecule has 0 radical (unpaired) electrons. The van der Waals surface area contributed by atoms with E-state index >= 15 is 0 Å². The number of ether oxygens (including phenoxy) is 1. The minimum absolute atomic E-state index is 0.175. The molecule has 0 bridgehead atoms. The Balaban J connectivity index is 1.77. The van der Waals surface area contributed by atoms with Gasteiger partial charge >= 0.3 is 0 Å². The van der Waals surface area contributed by atoms with E-state index in [-0.39, 0.29) is 11.4 Å². The van der Waals surface area contributed by atoms with Gasteiger partial charge in [-0.2, -0.15) is 11.3 Å². The van der Waals surface area contributed by atoms with Gasteiger partial charge in [0.1, 0.15) is 5.75 Å². The molecule has 0 fully saturated rings. The maximum atomic E-state index is 12.5. The molecule has 1 N–H and O–H groups in total. The molecule has 0 aliphatic heterocycles. The van der Waals surface area contributed by atoms with Crippen molar-refractivity contribution in [3.63, 3.8) is 0 Å². The number of hydrogen-bond acceptors (Lipinski definition) is 5. The number of hydrogen-bond donors (Lipinski definition) is 1. The fraction of sp³-hybridized carbons (Fsp3) is 0.167. The number of pyridine rings is 1. The smallest absolute Gasteiger partial charge is 0.240 e. The van der Waals surface area contributed by atoms with Crippen molar-refractivity contribution in [2.24, 2.45) is 0 Å². The van der Waals surface area contributed by atoms with Gasteiger partial charge in [-0.1, -0.05) is 6.07 Å². The van der Waals surface area contributed by atoms with Crippen molar-refractivity contribution < 1.29 is 13.2 Å². The molecule has 3 rings (SSSR count). The quantitative estimate of drug-likeness (QED) is 0.685. The van der Waals surface area contributed by atoms with Crippen LogP contribution < -0.4 is 9.46 Å². The number of benzene rings is 1. The first-order valence-electron chi connectivity index (χ1n) is 7.79. The highest BCUT2D eigenvalue weighted by molar-refractivity contribution is 7.89. The molecule has 0 aliphatic rings. The summed E-state index contributed by atoms with van der Waals surface area (Å²) in [6, 6.07) is 12.0. The normalized spacial score (nSPS) is 11.4. The van der Waals surface area contributed by atoms with Gasteiger partial charge in [0, 0.05) is 23.7 Å². The molecule has 130 valence electrons. The maximum absolute atomic E-state index is 12.5. The molecule has 0 aliphatic carbocycles. The second-order valence-corrected chi connectivity index (χ2v) is 7.80. The van der Waals surface area contributed by atoms with Crippen LogP contribution in [0, 0.1) is 0 Å². The van der Waals surface area contributed by atoms with Crippen LogP contribution in [0.25, 0.3) is 11.3 Å². The molecule has 0 spiro atoms. The van der Waals surface area contributed by atoms with E-state index in [1.807, 2.05) is 29.8 Å². The molecule has 0 amide bonds. The molecule has 2 aromatic heterocycles. The number of rotatable bonds is 7. The summed E-state index contributed by atoms with van der Waals surface area (Å²) in [6.07, 6.45) is 1.71. The van der Waals surface area contributed by atoms with Crippen molar-refractivity contribution >= 4 is 21.4 Å². The third-order valence-electron chi connectivity index (χ3n) is 3.58. The molecular formula is C18H18N2O3S2. The molecule has 0 saturated carbocycles. The van der Waals surface area contributed by atoms with E-state index < -0.39 is 10.0 Å². The van der Waals surface area contributed by atoms with Gasteiger partial charge in [-0.15, -0.1) is 0 Å². The number of aromatic nitrogens is 1. The summed E-state index contributed by atoms with van der Waals surface area (Å²) in [6.45, 7) is 2.59. The third kappa shape index (κ3) is 4.25. The van der Waals surface area contributed by atoms with Crippen LogP contribution in [0.15, 0.2) is 64.3 Å². The molecule has 0 atom stereocenters. The summed E-state index contributed by atoms with van der Waals surface area (Å²) < 4.78 is 33.0. The second-order valence-electron chi connectivity index (χ2n) is 5.25. The van der Waals surface area contributed by atoms with Crippen molar-refractivity contribution in [3.8, 4) is 17.0 Å². The Labute approximate surface area is 151 Å². The Morgan fingerprint density at radius 1 is 1.16 bits per heavy atom. The summed E-state index contributed by atoms with van der Waals surface area (Å²) in [4.78, 5) is 4.59. The van der Waals surface area contributed by atoms with Gasteiger partial charge in [-0.25, -0.2) is 13.1 Å². The van der Waals surface area contributed by atoms with Gasteiger partial charge in [-0.05, 0) is 54.3 Å². The summed E-state index contributed by atoms with van der Waals surface area (Å²) in [7, 11) is -3.61. The van der Waals surface area contributed by atoms with Crippen LogP contribution in [0.2, 0.25) is 0 Å². The lowest BCUT2D eigenvalue weighted by atomic mass is 10.1. The molecule has 5 nitrogen and oxygen atoms in total. The lowest BCUT2D eigenvalue weighted by Crippen LogP contribution is -2.23. The Hall–Kier alpha value is -2.22. The zero-order valence-electron chi connectivity index (χ0n) is 13.7. The Kier molecular flexibility index (Phi) is 5.47. The number of nitrogens with zero attached hydrogens (tertiary/aromatic N) is 1. The molecule has 3 aromatic rings. The SMILES string of the molecule is CCOc1ccc(S(=O)(=O)NCc2cccnc2-c2ccsc2)cc1. The van der Waals surface area contributed by atoms with Gasteiger partial charge < -0.3 is 4.74 Å². The van der Waals surface area contributed by atoms with Gasteiger partial charge in [0.25, 0.3) is 0 Å². The number of thiophene rings is 1. The van der Waals surface area contributed by atoms with Crippen LogP contribution in [0.1, 0.15) is 12.5 Å². The predicted molar refractivity (Wildman–Crippen MR) is 99.2 cm³/mol. The van der Waals surface area contributed by atoms with Crippen LogP contribution in [0.4, 0.5) is 0 Å². The first-order valence-corrected chi connectivity index (χ1v) is 10.2. The fourth-order valence-corrected chi connectivity index (χ4v) is 4.03. The zero-order chi connectivity index (χ0) is 17.7. The first-order chi connectivity index (χ1) is 12.1. The van der Waals surface area contributed by atoms with E-state index in [1.165, 1.54) is 12.1 Å². The third-order valence-corrected chi connectivity index (χ3v) is 5.68. The summed E-state index contributed by atoms with van der Waals surface area (Å²) in [5.41, 5.74) is 2.61.